The summed E-state index contributed by atoms with van der Waals surface area (Å²) in [7, 11) is 0. The van der Waals surface area contributed by atoms with Crippen molar-refractivity contribution in [3.05, 3.63) is 0 Å². The van der Waals surface area contributed by atoms with Crippen molar-refractivity contribution in [2.45, 2.75) is 32.6 Å². The van der Waals surface area contributed by atoms with Crippen LogP contribution in [0.15, 0.2) is 0 Å². The molecule has 0 amide bonds. The average Bonchev–Trinajstić information content (AvgIpc) is 1.83. The van der Waals surface area contributed by atoms with Gasteiger partial charge in [-0.25, -0.2) is 0 Å². The zero-order chi connectivity index (χ0) is 7.68. The average molecular weight is 153 g/mol. The Bertz CT molecular complexity index is 129. The Morgan fingerprint density at radius 2 is 1.91 bits per heavy atom. The van der Waals surface area contributed by atoms with Crippen LogP contribution in [0.4, 0.5) is 0 Å². The number of nitrogens with one attached hydrogen (secondary N) is 1. The van der Waals surface area contributed by atoms with Gasteiger partial charge in [-0.3, -0.25) is 0 Å². The number of hydrogen-bond donors (Lipinski definition) is 1. The van der Waals surface area contributed by atoms with Gasteiger partial charge in [-0.2, -0.15) is 0 Å². The van der Waals surface area contributed by atoms with Gasteiger partial charge in [0.05, 0.1) is 0 Å². The maximum atomic E-state index is 3.37. The topological polar surface area (TPSA) is 12.0 Å². The molecule has 1 N–H and O–H groups in total. The van der Waals surface area contributed by atoms with Gasteiger partial charge in [-0.15, -0.1) is 0 Å². The van der Waals surface area contributed by atoms with Gasteiger partial charge in [0, 0.05) is 0 Å². The molecule has 2 aliphatic rings. The summed E-state index contributed by atoms with van der Waals surface area (Å²) >= 11 is 0. The lowest BCUT2D eigenvalue weighted by atomic mass is 9.74. The van der Waals surface area contributed by atoms with Crippen LogP contribution in [0.2, 0.25) is 0 Å². The summed E-state index contributed by atoms with van der Waals surface area (Å²) in [6, 6.07) is 0. The maximum absolute atomic E-state index is 3.37. The fourth-order valence-electron chi connectivity index (χ4n) is 2.55. The van der Waals surface area contributed by atoms with Crippen LogP contribution >= 0.6 is 0 Å². The molecule has 0 unspecified atom stereocenters. The zero-order valence-corrected chi connectivity index (χ0v) is 7.47. The molecule has 0 radical (unpaired) electrons. The van der Waals surface area contributed by atoms with Gasteiger partial charge in [-0.1, -0.05) is 26.2 Å². The predicted molar refractivity (Wildman–Crippen MR) is 47.5 cm³/mol. The van der Waals surface area contributed by atoms with Crippen molar-refractivity contribution in [2.24, 2.45) is 17.8 Å². The van der Waals surface area contributed by atoms with Crippen molar-refractivity contribution in [1.29, 1.82) is 0 Å². The molecule has 0 spiro atoms. The van der Waals surface area contributed by atoms with Crippen LogP contribution in [0.5, 0.6) is 0 Å². The first-order chi connectivity index (χ1) is 5.36. The standard InChI is InChI=1S/C10H19N/c1-8-3-2-4-9(5-8)10-6-11-7-10/h8-11H,2-7H2,1H3/t8-,9+/m0/s1. The molecule has 0 bridgehead atoms. The first kappa shape index (κ1) is 7.60. The lowest BCUT2D eigenvalue weighted by Crippen LogP contribution is -2.47. The Morgan fingerprint density at radius 1 is 1.09 bits per heavy atom. The van der Waals surface area contributed by atoms with Crippen molar-refractivity contribution >= 4 is 0 Å². The number of rotatable bonds is 1. The normalized spacial score (nSPS) is 40.1. The molecule has 64 valence electrons. The molecule has 2 rings (SSSR count). The summed E-state index contributed by atoms with van der Waals surface area (Å²) in [6.07, 6.45) is 5.99. The summed E-state index contributed by atoms with van der Waals surface area (Å²) in [6.45, 7) is 5.02. The van der Waals surface area contributed by atoms with Crippen molar-refractivity contribution in [3.8, 4) is 0 Å². The highest BCUT2D eigenvalue weighted by atomic mass is 14.9. The van der Waals surface area contributed by atoms with Crippen molar-refractivity contribution in [2.75, 3.05) is 13.1 Å². The first-order valence-electron chi connectivity index (χ1n) is 5.07. The highest BCUT2D eigenvalue weighted by Crippen LogP contribution is 2.34. The summed E-state index contributed by atoms with van der Waals surface area (Å²) in [4.78, 5) is 0. The molecule has 1 saturated carbocycles. The molecule has 2 fully saturated rings. The van der Waals surface area contributed by atoms with Gasteiger partial charge in [0.1, 0.15) is 0 Å². The third-order valence-corrected chi connectivity index (χ3v) is 3.46. The zero-order valence-electron chi connectivity index (χ0n) is 7.47. The van der Waals surface area contributed by atoms with Crippen molar-refractivity contribution in [3.63, 3.8) is 0 Å². The second-order valence-electron chi connectivity index (χ2n) is 4.45. The summed E-state index contributed by atoms with van der Waals surface area (Å²) in [5.41, 5.74) is 0. The van der Waals surface area contributed by atoms with Crippen LogP contribution in [-0.2, 0) is 0 Å². The SMILES string of the molecule is C[C@H]1CCC[C@@H](C2CNC2)C1. The minimum Gasteiger partial charge on any atom is -0.316 e. The van der Waals surface area contributed by atoms with Crippen molar-refractivity contribution in [1.82, 2.24) is 5.32 Å². The quantitative estimate of drug-likeness (QED) is 0.608. The van der Waals surface area contributed by atoms with E-state index in [1.54, 1.807) is 0 Å². The Morgan fingerprint density at radius 3 is 2.45 bits per heavy atom. The lowest BCUT2D eigenvalue weighted by molar-refractivity contribution is 0.156. The Hall–Kier alpha value is -0.0400. The second kappa shape index (κ2) is 3.14. The largest absolute Gasteiger partial charge is 0.316 e. The third kappa shape index (κ3) is 1.58. The van der Waals surface area contributed by atoms with E-state index >= 15 is 0 Å². The molecule has 1 nitrogen and oxygen atoms in total. The highest BCUT2D eigenvalue weighted by molar-refractivity contribution is 4.84. The van der Waals surface area contributed by atoms with E-state index in [1.807, 2.05) is 0 Å². The van der Waals surface area contributed by atoms with E-state index < -0.39 is 0 Å². The van der Waals surface area contributed by atoms with Gasteiger partial charge >= 0.3 is 0 Å². The lowest BCUT2D eigenvalue weighted by Gasteiger charge is -2.38. The molecule has 11 heavy (non-hydrogen) atoms. The van der Waals surface area contributed by atoms with Crippen LogP contribution in [0, 0.1) is 17.8 Å². The molecular weight excluding hydrogens is 134 g/mol. The van der Waals surface area contributed by atoms with Crippen LogP contribution in [0.1, 0.15) is 32.6 Å². The van der Waals surface area contributed by atoms with E-state index in [0.717, 1.165) is 17.8 Å². The Kier molecular flexibility index (Phi) is 2.17. The van der Waals surface area contributed by atoms with Gasteiger partial charge in [0.25, 0.3) is 0 Å². The first-order valence-corrected chi connectivity index (χ1v) is 5.07. The van der Waals surface area contributed by atoms with Crippen LogP contribution in [-0.4, -0.2) is 13.1 Å². The minimum absolute atomic E-state index is 1.01. The van der Waals surface area contributed by atoms with Gasteiger partial charge in [0.15, 0.2) is 0 Å². The van der Waals surface area contributed by atoms with Crippen LogP contribution in [0.3, 0.4) is 0 Å². The monoisotopic (exact) mass is 153 g/mol. The van der Waals surface area contributed by atoms with E-state index in [2.05, 4.69) is 12.2 Å². The molecule has 0 aromatic heterocycles. The smallest absolute Gasteiger partial charge is 0.000559 e. The predicted octanol–water partition coefficient (Wildman–Crippen LogP) is 2.03. The Balaban J connectivity index is 1.82. The molecule has 1 heteroatoms. The highest BCUT2D eigenvalue weighted by Gasteiger charge is 2.29. The van der Waals surface area contributed by atoms with Gasteiger partial charge in [0.2, 0.25) is 0 Å². The van der Waals surface area contributed by atoms with Gasteiger partial charge < -0.3 is 5.32 Å². The molecule has 0 aromatic rings. The van der Waals surface area contributed by atoms with E-state index in [4.69, 9.17) is 0 Å². The van der Waals surface area contributed by atoms with Crippen LogP contribution < -0.4 is 5.32 Å². The van der Waals surface area contributed by atoms with Crippen molar-refractivity contribution < 1.29 is 0 Å². The molecule has 0 aromatic carbocycles. The molecular formula is C10H19N. The molecule has 1 aliphatic heterocycles. The van der Waals surface area contributed by atoms with E-state index in [9.17, 15) is 0 Å². The Labute approximate surface area is 69.6 Å². The molecule has 1 saturated heterocycles. The van der Waals surface area contributed by atoms with Gasteiger partial charge in [-0.05, 0) is 37.3 Å². The van der Waals surface area contributed by atoms with E-state index in [1.165, 1.54) is 38.8 Å². The number of hydrogen-bond acceptors (Lipinski definition) is 1. The molecule has 1 aliphatic carbocycles. The third-order valence-electron chi connectivity index (χ3n) is 3.46. The van der Waals surface area contributed by atoms with E-state index in [0.29, 0.717) is 0 Å². The summed E-state index contributed by atoms with van der Waals surface area (Å²) in [5, 5.41) is 3.37. The fraction of sp³-hybridized carbons (Fsp3) is 1.00. The fourth-order valence-corrected chi connectivity index (χ4v) is 2.55. The molecule has 2 atom stereocenters. The minimum atomic E-state index is 1.01. The maximum Gasteiger partial charge on any atom is -0.000559 e. The molecule has 1 heterocycles. The van der Waals surface area contributed by atoms with E-state index in [-0.39, 0.29) is 0 Å². The van der Waals surface area contributed by atoms with Crippen LogP contribution in [0.25, 0.3) is 0 Å². The summed E-state index contributed by atoms with van der Waals surface area (Å²) in [5.74, 6) is 3.12. The summed E-state index contributed by atoms with van der Waals surface area (Å²) < 4.78 is 0. The second-order valence-corrected chi connectivity index (χ2v) is 4.45.